The van der Waals surface area contributed by atoms with Gasteiger partial charge in [0.05, 0.1) is 10.0 Å². The average molecular weight is 336 g/mol. The molecule has 1 amide bonds. The summed E-state index contributed by atoms with van der Waals surface area (Å²) >= 11 is 11.9. The second-order valence-corrected chi connectivity index (χ2v) is 6.15. The molecule has 0 fully saturated rings. The third-order valence-electron chi connectivity index (χ3n) is 3.87. The minimum Gasteiger partial charge on any atom is -0.505 e. The smallest absolute Gasteiger partial charge is 0.258 e. The van der Waals surface area contributed by atoms with E-state index in [1.807, 2.05) is 18.2 Å². The molecule has 114 valence electrons. The summed E-state index contributed by atoms with van der Waals surface area (Å²) in [5, 5.41) is 9.80. The van der Waals surface area contributed by atoms with Gasteiger partial charge in [0, 0.05) is 17.8 Å². The Labute approximate surface area is 139 Å². The van der Waals surface area contributed by atoms with Crippen LogP contribution in [0.4, 0.5) is 5.69 Å². The van der Waals surface area contributed by atoms with Crippen LogP contribution in [-0.4, -0.2) is 17.6 Å². The molecule has 0 radical (unpaired) electrons. The van der Waals surface area contributed by atoms with E-state index in [4.69, 9.17) is 23.2 Å². The van der Waals surface area contributed by atoms with E-state index in [2.05, 4.69) is 6.07 Å². The summed E-state index contributed by atoms with van der Waals surface area (Å²) in [5.41, 5.74) is 2.49. The maximum atomic E-state index is 12.9. The van der Waals surface area contributed by atoms with Crippen molar-refractivity contribution < 1.29 is 9.90 Å². The van der Waals surface area contributed by atoms with Gasteiger partial charge in [-0.3, -0.25) is 4.79 Å². The molecule has 2 aromatic rings. The first-order chi connectivity index (χ1) is 10.6. The summed E-state index contributed by atoms with van der Waals surface area (Å²) in [5.74, 6) is -0.353. The minimum absolute atomic E-state index is 0.0824. The summed E-state index contributed by atoms with van der Waals surface area (Å²) in [7, 11) is 0. The van der Waals surface area contributed by atoms with E-state index in [1.54, 1.807) is 4.90 Å². The summed E-state index contributed by atoms with van der Waals surface area (Å²) in [4.78, 5) is 14.6. The van der Waals surface area contributed by atoms with Crippen LogP contribution in [0.25, 0.3) is 0 Å². The van der Waals surface area contributed by atoms with Gasteiger partial charge in [0.15, 0.2) is 5.75 Å². The summed E-state index contributed by atoms with van der Waals surface area (Å²) in [6.07, 6.45) is 2.97. The zero-order chi connectivity index (χ0) is 15.7. The number of rotatable bonds is 1. The highest BCUT2D eigenvalue weighted by molar-refractivity contribution is 6.37. The number of benzene rings is 2. The van der Waals surface area contributed by atoms with Crippen LogP contribution in [0.1, 0.15) is 28.8 Å². The van der Waals surface area contributed by atoms with Crippen LogP contribution < -0.4 is 4.90 Å². The maximum absolute atomic E-state index is 12.9. The number of fused-ring (bicyclic) bond motifs is 1. The van der Waals surface area contributed by atoms with Crippen molar-refractivity contribution in [3.8, 4) is 5.75 Å². The highest BCUT2D eigenvalue weighted by atomic mass is 35.5. The monoisotopic (exact) mass is 335 g/mol. The fourth-order valence-electron chi connectivity index (χ4n) is 2.75. The van der Waals surface area contributed by atoms with Gasteiger partial charge in [0.1, 0.15) is 0 Å². The standard InChI is InChI=1S/C17H15Cl2NO2/c18-13-9-12(10-14(19)16(13)21)17(22)20-8-4-3-6-11-5-1-2-7-15(11)20/h1-2,5,7,9-10,21H,3-4,6,8H2. The molecule has 22 heavy (non-hydrogen) atoms. The lowest BCUT2D eigenvalue weighted by Gasteiger charge is -2.23. The second-order valence-electron chi connectivity index (χ2n) is 5.33. The number of carbonyl (C=O) groups excluding carboxylic acids is 1. The molecule has 3 nitrogen and oxygen atoms in total. The first-order valence-electron chi connectivity index (χ1n) is 7.15. The first kappa shape index (κ1) is 15.2. The van der Waals surface area contributed by atoms with Gasteiger partial charge >= 0.3 is 0 Å². The zero-order valence-corrected chi connectivity index (χ0v) is 13.4. The van der Waals surface area contributed by atoms with Crippen LogP contribution in [0.3, 0.4) is 0 Å². The topological polar surface area (TPSA) is 40.5 Å². The Kier molecular flexibility index (Phi) is 4.27. The van der Waals surface area contributed by atoms with Crippen LogP contribution >= 0.6 is 23.2 Å². The average Bonchev–Trinajstić information content (AvgIpc) is 2.73. The van der Waals surface area contributed by atoms with Gasteiger partial charge in [-0.1, -0.05) is 41.4 Å². The van der Waals surface area contributed by atoms with Crippen molar-refractivity contribution in [2.45, 2.75) is 19.3 Å². The van der Waals surface area contributed by atoms with E-state index in [1.165, 1.54) is 17.7 Å². The molecule has 0 bridgehead atoms. The Morgan fingerprint density at radius 1 is 1.09 bits per heavy atom. The van der Waals surface area contributed by atoms with Crippen molar-refractivity contribution in [1.29, 1.82) is 0 Å². The largest absolute Gasteiger partial charge is 0.505 e. The number of phenolic OH excluding ortho intramolecular Hbond substituents is 1. The normalized spacial score (nSPS) is 14.4. The van der Waals surface area contributed by atoms with Crippen molar-refractivity contribution >= 4 is 34.8 Å². The van der Waals surface area contributed by atoms with Gasteiger partial charge in [-0.15, -0.1) is 0 Å². The minimum atomic E-state index is -0.198. The summed E-state index contributed by atoms with van der Waals surface area (Å²) in [6, 6.07) is 10.8. The fraction of sp³-hybridized carbons (Fsp3) is 0.235. The number of hydrogen-bond donors (Lipinski definition) is 1. The fourth-order valence-corrected chi connectivity index (χ4v) is 3.23. The Bertz CT molecular complexity index is 707. The molecule has 0 aliphatic carbocycles. The quantitative estimate of drug-likeness (QED) is 0.821. The van der Waals surface area contributed by atoms with Gasteiger partial charge in [-0.05, 0) is 43.0 Å². The van der Waals surface area contributed by atoms with Gasteiger partial charge in [-0.2, -0.15) is 0 Å². The molecule has 0 aromatic heterocycles. The maximum Gasteiger partial charge on any atom is 0.258 e. The SMILES string of the molecule is O=C(c1cc(Cl)c(O)c(Cl)c1)N1CCCCc2ccccc21. The van der Waals surface area contributed by atoms with Crippen LogP contribution in [-0.2, 0) is 6.42 Å². The van der Waals surface area contributed by atoms with Gasteiger partial charge in [-0.25, -0.2) is 0 Å². The second kappa shape index (κ2) is 6.19. The van der Waals surface area contributed by atoms with E-state index < -0.39 is 0 Å². The zero-order valence-electron chi connectivity index (χ0n) is 11.9. The van der Waals surface area contributed by atoms with E-state index in [9.17, 15) is 9.90 Å². The third kappa shape index (κ3) is 2.79. The molecule has 0 saturated heterocycles. The summed E-state index contributed by atoms with van der Waals surface area (Å²) < 4.78 is 0. The third-order valence-corrected chi connectivity index (χ3v) is 4.45. The lowest BCUT2D eigenvalue weighted by Crippen LogP contribution is -2.31. The number of para-hydroxylation sites is 1. The van der Waals surface area contributed by atoms with Crippen LogP contribution in [0, 0.1) is 0 Å². The molecule has 0 atom stereocenters. The number of phenols is 1. The van der Waals surface area contributed by atoms with E-state index in [-0.39, 0.29) is 21.7 Å². The molecule has 2 aromatic carbocycles. The predicted molar refractivity (Wildman–Crippen MR) is 89.2 cm³/mol. The van der Waals surface area contributed by atoms with Crippen LogP contribution in [0.15, 0.2) is 36.4 Å². The highest BCUT2D eigenvalue weighted by Gasteiger charge is 2.23. The Morgan fingerprint density at radius 2 is 1.77 bits per heavy atom. The van der Waals surface area contributed by atoms with Crippen molar-refractivity contribution in [3.05, 3.63) is 57.6 Å². The van der Waals surface area contributed by atoms with Gasteiger partial charge in [0.25, 0.3) is 5.91 Å². The Hall–Kier alpha value is -1.71. The number of carbonyl (C=O) groups is 1. The first-order valence-corrected chi connectivity index (χ1v) is 7.91. The molecule has 0 spiro atoms. The lowest BCUT2D eigenvalue weighted by molar-refractivity contribution is 0.0987. The van der Waals surface area contributed by atoms with E-state index in [0.29, 0.717) is 12.1 Å². The molecule has 0 saturated carbocycles. The molecule has 1 N–H and O–H groups in total. The molecule has 0 unspecified atom stereocenters. The number of nitrogens with zero attached hydrogens (tertiary/aromatic N) is 1. The Balaban J connectivity index is 2.02. The van der Waals surface area contributed by atoms with Gasteiger partial charge < -0.3 is 10.0 Å². The van der Waals surface area contributed by atoms with Crippen molar-refractivity contribution in [3.63, 3.8) is 0 Å². The van der Waals surface area contributed by atoms with E-state index >= 15 is 0 Å². The van der Waals surface area contributed by atoms with Crippen LogP contribution in [0.2, 0.25) is 10.0 Å². The predicted octanol–water partition coefficient (Wildman–Crippen LogP) is 4.68. The van der Waals surface area contributed by atoms with E-state index in [0.717, 1.165) is 24.9 Å². The number of aryl methyl sites for hydroxylation is 1. The van der Waals surface area contributed by atoms with Gasteiger partial charge in [0.2, 0.25) is 0 Å². The highest BCUT2D eigenvalue weighted by Crippen LogP contribution is 2.34. The number of amides is 1. The molecule has 1 heterocycles. The van der Waals surface area contributed by atoms with Crippen molar-refractivity contribution in [2.75, 3.05) is 11.4 Å². The Morgan fingerprint density at radius 3 is 2.50 bits per heavy atom. The molecular formula is C17H15Cl2NO2. The lowest BCUT2D eigenvalue weighted by atomic mass is 10.1. The molecule has 1 aliphatic heterocycles. The molecular weight excluding hydrogens is 321 g/mol. The van der Waals surface area contributed by atoms with Crippen molar-refractivity contribution in [1.82, 2.24) is 0 Å². The number of halogens is 2. The number of hydrogen-bond acceptors (Lipinski definition) is 2. The van der Waals surface area contributed by atoms with Crippen LogP contribution in [0.5, 0.6) is 5.75 Å². The molecule has 3 rings (SSSR count). The molecule has 1 aliphatic rings. The van der Waals surface area contributed by atoms with Crippen molar-refractivity contribution in [2.24, 2.45) is 0 Å². The number of aromatic hydroxyl groups is 1. The summed E-state index contributed by atoms with van der Waals surface area (Å²) in [6.45, 7) is 0.659. The number of anilines is 1. The molecule has 5 heteroatoms.